The van der Waals surface area contributed by atoms with Crippen LogP contribution in [0.15, 0.2) is 72.8 Å². The van der Waals surface area contributed by atoms with Crippen molar-refractivity contribution in [2.24, 2.45) is 0 Å². The maximum atomic E-state index is 14.0. The van der Waals surface area contributed by atoms with Gasteiger partial charge in [0.1, 0.15) is 0 Å². The van der Waals surface area contributed by atoms with Crippen LogP contribution < -0.4 is 4.90 Å². The number of carbonyl (C=O) groups is 2. The zero-order valence-electron chi connectivity index (χ0n) is 20.3. The third-order valence-electron chi connectivity index (χ3n) is 7.00. The molecule has 7 heteroatoms. The van der Waals surface area contributed by atoms with Crippen LogP contribution in [0.25, 0.3) is 27.5 Å². The molecule has 1 aliphatic heterocycles. The molecule has 184 valence electrons. The van der Waals surface area contributed by atoms with Crippen molar-refractivity contribution >= 4 is 39.3 Å². The summed E-state index contributed by atoms with van der Waals surface area (Å²) >= 11 is 0. The van der Waals surface area contributed by atoms with Gasteiger partial charge in [-0.15, -0.1) is 0 Å². The average molecular weight is 499 g/mol. The molecule has 0 bridgehead atoms. The minimum atomic E-state index is -4.56. The number of anilines is 1. The van der Waals surface area contributed by atoms with E-state index in [2.05, 4.69) is 0 Å². The maximum Gasteiger partial charge on any atom is 0.417 e. The highest BCUT2D eigenvalue weighted by Crippen LogP contribution is 2.43. The standard InChI is InChI=1S/C30H21F3N2O2/c1-16-14-17(2)27(18(3)15-16)35-28(36)20-9-6-12-24(26(20)29(35)37)34-22-11-5-4-8-19(22)25-21(30(31,32)33)10-7-13-23(25)34/h4-15H,1-3H3. The van der Waals surface area contributed by atoms with Crippen molar-refractivity contribution in [2.45, 2.75) is 26.9 Å². The highest BCUT2D eigenvalue weighted by atomic mass is 19.4. The Morgan fingerprint density at radius 1 is 0.730 bits per heavy atom. The van der Waals surface area contributed by atoms with Crippen molar-refractivity contribution < 1.29 is 22.8 Å². The van der Waals surface area contributed by atoms with Gasteiger partial charge in [-0.05, 0) is 62.2 Å². The summed E-state index contributed by atoms with van der Waals surface area (Å²) in [5.41, 5.74) is 3.97. The van der Waals surface area contributed by atoms with E-state index in [0.717, 1.165) is 22.8 Å². The number of nitrogens with zero attached hydrogens (tertiary/aromatic N) is 2. The topological polar surface area (TPSA) is 42.3 Å². The molecule has 37 heavy (non-hydrogen) atoms. The lowest BCUT2D eigenvalue weighted by Crippen LogP contribution is -2.31. The molecule has 0 aliphatic carbocycles. The molecule has 0 radical (unpaired) electrons. The maximum absolute atomic E-state index is 14.0. The van der Waals surface area contributed by atoms with E-state index in [1.807, 2.05) is 32.9 Å². The lowest BCUT2D eigenvalue weighted by Gasteiger charge is -2.20. The van der Waals surface area contributed by atoms with E-state index < -0.39 is 23.6 Å². The summed E-state index contributed by atoms with van der Waals surface area (Å²) in [4.78, 5) is 28.7. The number of carbonyl (C=O) groups excluding carboxylic acids is 2. The number of benzene rings is 4. The summed E-state index contributed by atoms with van der Waals surface area (Å²) in [6.45, 7) is 5.65. The van der Waals surface area contributed by atoms with Crippen LogP contribution in [0.3, 0.4) is 0 Å². The van der Waals surface area contributed by atoms with Gasteiger partial charge in [0.15, 0.2) is 0 Å². The molecular formula is C30H21F3N2O2. The SMILES string of the molecule is Cc1cc(C)c(N2C(=O)c3cccc(-n4c5ccccc5c5c(C(F)(F)F)cccc54)c3C2=O)c(C)c1. The summed E-state index contributed by atoms with van der Waals surface area (Å²) in [7, 11) is 0. The average Bonchev–Trinajstić information content (AvgIpc) is 3.30. The number of aryl methyl sites for hydroxylation is 3. The largest absolute Gasteiger partial charge is 0.417 e. The Labute approximate surface area is 210 Å². The molecule has 4 nitrogen and oxygen atoms in total. The van der Waals surface area contributed by atoms with Crippen molar-refractivity contribution in [3.05, 3.63) is 106 Å². The molecule has 0 spiro atoms. The summed E-state index contributed by atoms with van der Waals surface area (Å²) in [5, 5.41) is 0.476. The second kappa shape index (κ2) is 7.80. The van der Waals surface area contributed by atoms with Crippen LogP contribution >= 0.6 is 0 Å². The molecule has 0 fully saturated rings. The quantitative estimate of drug-likeness (QED) is 0.236. The molecule has 0 atom stereocenters. The van der Waals surface area contributed by atoms with Gasteiger partial charge in [0.2, 0.25) is 0 Å². The van der Waals surface area contributed by atoms with Gasteiger partial charge in [-0.2, -0.15) is 13.2 Å². The minimum Gasteiger partial charge on any atom is -0.308 e. The van der Waals surface area contributed by atoms with Crippen LogP contribution in [-0.4, -0.2) is 16.4 Å². The van der Waals surface area contributed by atoms with Crippen LogP contribution in [0.4, 0.5) is 18.9 Å². The first-order valence-corrected chi connectivity index (χ1v) is 11.8. The van der Waals surface area contributed by atoms with Gasteiger partial charge in [-0.1, -0.05) is 48.0 Å². The molecule has 1 aliphatic rings. The first-order valence-electron chi connectivity index (χ1n) is 11.8. The number of hydrogen-bond acceptors (Lipinski definition) is 2. The lowest BCUT2D eigenvalue weighted by molar-refractivity contribution is -0.136. The van der Waals surface area contributed by atoms with Gasteiger partial charge in [0.05, 0.1) is 39.1 Å². The molecule has 0 unspecified atom stereocenters. The molecule has 5 aromatic rings. The number of imide groups is 1. The highest BCUT2D eigenvalue weighted by molar-refractivity contribution is 6.36. The first-order chi connectivity index (χ1) is 17.6. The fraction of sp³-hybridized carbons (Fsp3) is 0.133. The smallest absolute Gasteiger partial charge is 0.308 e. The van der Waals surface area contributed by atoms with Crippen molar-refractivity contribution in [1.82, 2.24) is 4.57 Å². The molecular weight excluding hydrogens is 477 g/mol. The van der Waals surface area contributed by atoms with E-state index in [1.54, 1.807) is 53.1 Å². The number of aromatic nitrogens is 1. The molecule has 2 amide bonds. The van der Waals surface area contributed by atoms with Gasteiger partial charge in [-0.25, -0.2) is 4.90 Å². The number of para-hydroxylation sites is 1. The zero-order chi connectivity index (χ0) is 26.2. The Bertz CT molecular complexity index is 1770. The molecule has 1 aromatic heterocycles. The summed E-state index contributed by atoms with van der Waals surface area (Å²) < 4.78 is 43.7. The fourth-order valence-corrected chi connectivity index (χ4v) is 5.70. The Morgan fingerprint density at radius 3 is 2.08 bits per heavy atom. The fourth-order valence-electron chi connectivity index (χ4n) is 5.70. The third kappa shape index (κ3) is 3.23. The Kier molecular flexibility index (Phi) is 4.86. The van der Waals surface area contributed by atoms with E-state index in [0.29, 0.717) is 27.8 Å². The number of rotatable bonds is 2. The molecule has 6 rings (SSSR count). The third-order valence-corrected chi connectivity index (χ3v) is 7.00. The van der Waals surface area contributed by atoms with Crippen LogP contribution in [0.5, 0.6) is 0 Å². The van der Waals surface area contributed by atoms with E-state index in [-0.39, 0.29) is 16.5 Å². The zero-order valence-corrected chi connectivity index (χ0v) is 20.3. The van der Waals surface area contributed by atoms with Crippen molar-refractivity contribution in [3.8, 4) is 5.69 Å². The van der Waals surface area contributed by atoms with Gasteiger partial charge in [-0.3, -0.25) is 9.59 Å². The second-order valence-electron chi connectivity index (χ2n) is 9.44. The second-order valence-corrected chi connectivity index (χ2v) is 9.44. The first kappa shape index (κ1) is 23.0. The van der Waals surface area contributed by atoms with E-state index in [9.17, 15) is 22.8 Å². The minimum absolute atomic E-state index is 0.0575. The molecule has 4 aromatic carbocycles. The summed E-state index contributed by atoms with van der Waals surface area (Å²) in [6, 6.07) is 19.6. The van der Waals surface area contributed by atoms with Gasteiger partial charge in [0.25, 0.3) is 11.8 Å². The number of halogens is 3. The Morgan fingerprint density at radius 2 is 1.38 bits per heavy atom. The van der Waals surface area contributed by atoms with E-state index >= 15 is 0 Å². The molecule has 0 saturated heterocycles. The predicted molar refractivity (Wildman–Crippen MR) is 138 cm³/mol. The van der Waals surface area contributed by atoms with Crippen molar-refractivity contribution in [3.63, 3.8) is 0 Å². The van der Waals surface area contributed by atoms with Crippen LogP contribution in [-0.2, 0) is 6.18 Å². The Balaban J connectivity index is 1.66. The van der Waals surface area contributed by atoms with Gasteiger partial charge >= 0.3 is 6.18 Å². The van der Waals surface area contributed by atoms with Gasteiger partial charge < -0.3 is 4.57 Å². The summed E-state index contributed by atoms with van der Waals surface area (Å²) in [5.74, 6) is -0.947. The van der Waals surface area contributed by atoms with Crippen LogP contribution in [0.1, 0.15) is 43.0 Å². The van der Waals surface area contributed by atoms with E-state index in [1.165, 1.54) is 11.0 Å². The van der Waals surface area contributed by atoms with Crippen LogP contribution in [0.2, 0.25) is 0 Å². The van der Waals surface area contributed by atoms with E-state index in [4.69, 9.17) is 0 Å². The number of amides is 2. The number of hydrogen-bond donors (Lipinski definition) is 0. The number of alkyl halides is 3. The summed E-state index contributed by atoms with van der Waals surface area (Å²) in [6.07, 6.45) is -4.56. The monoisotopic (exact) mass is 498 g/mol. The van der Waals surface area contributed by atoms with Gasteiger partial charge in [0, 0.05) is 10.8 Å². The van der Waals surface area contributed by atoms with Crippen LogP contribution in [0, 0.1) is 20.8 Å². The van der Waals surface area contributed by atoms with Crippen molar-refractivity contribution in [2.75, 3.05) is 4.90 Å². The highest BCUT2D eigenvalue weighted by Gasteiger charge is 2.41. The Hall–Kier alpha value is -4.39. The lowest BCUT2D eigenvalue weighted by atomic mass is 10.0. The van der Waals surface area contributed by atoms with Crippen molar-refractivity contribution in [1.29, 1.82) is 0 Å². The molecule has 0 saturated carbocycles. The molecule has 0 N–H and O–H groups in total. The number of fused-ring (bicyclic) bond motifs is 4. The predicted octanol–water partition coefficient (Wildman–Crippen LogP) is 7.53. The molecule has 2 heterocycles. The normalized spacial score (nSPS) is 13.7.